The molecule has 164 valence electrons. The minimum absolute atomic E-state index is 0.0207. The number of aryl methyl sites for hydroxylation is 1. The van der Waals surface area contributed by atoms with Gasteiger partial charge in [0.25, 0.3) is 15.9 Å². The lowest BCUT2D eigenvalue weighted by atomic mass is 10.1. The zero-order chi connectivity index (χ0) is 22.6. The second kappa shape index (κ2) is 8.76. The average molecular weight is 453 g/mol. The van der Waals surface area contributed by atoms with E-state index < -0.39 is 32.6 Å². The van der Waals surface area contributed by atoms with Crippen LogP contribution in [0.4, 0.5) is 19.0 Å². The van der Waals surface area contributed by atoms with E-state index in [1.165, 1.54) is 4.80 Å². The molecule has 0 aliphatic heterocycles. The standard InChI is InChI=1S/C19H18F3N5O3S/c1-2-27-24-12-17(25-27)26-31(29,30)16-10-15(19(20,21)22)9-8-14(16)11-23-18(28)13-6-4-3-5-7-13/h3-10,12H,2,11H2,1H3,(H,23,28)(H,25,26). The number of nitrogens with one attached hydrogen (secondary N) is 2. The third kappa shape index (κ3) is 5.40. The fraction of sp³-hybridized carbons (Fsp3) is 0.211. The van der Waals surface area contributed by atoms with Crippen LogP contribution in [-0.2, 0) is 29.3 Å². The molecule has 0 spiro atoms. The normalized spacial score (nSPS) is 11.9. The van der Waals surface area contributed by atoms with Gasteiger partial charge in [-0.05, 0) is 36.8 Å². The Bertz CT molecular complexity index is 1180. The summed E-state index contributed by atoms with van der Waals surface area (Å²) < 4.78 is 67.4. The fourth-order valence-electron chi connectivity index (χ4n) is 2.68. The summed E-state index contributed by atoms with van der Waals surface area (Å²) in [6, 6.07) is 10.4. The number of hydrogen-bond acceptors (Lipinski definition) is 5. The first-order valence-corrected chi connectivity index (χ1v) is 10.5. The summed E-state index contributed by atoms with van der Waals surface area (Å²) in [4.78, 5) is 12.8. The van der Waals surface area contributed by atoms with Crippen molar-refractivity contribution in [3.63, 3.8) is 0 Å². The van der Waals surface area contributed by atoms with Crippen LogP contribution in [0.1, 0.15) is 28.4 Å². The van der Waals surface area contributed by atoms with Crippen LogP contribution in [0.25, 0.3) is 0 Å². The summed E-state index contributed by atoms with van der Waals surface area (Å²) in [5, 5.41) is 10.2. The molecular weight excluding hydrogens is 435 g/mol. The quantitative estimate of drug-likeness (QED) is 0.572. The van der Waals surface area contributed by atoms with E-state index in [0.29, 0.717) is 18.2 Å². The summed E-state index contributed by atoms with van der Waals surface area (Å²) in [6.45, 7) is 1.81. The zero-order valence-corrected chi connectivity index (χ0v) is 17.0. The van der Waals surface area contributed by atoms with Crippen molar-refractivity contribution >= 4 is 21.7 Å². The third-order valence-corrected chi connectivity index (χ3v) is 5.65. The molecule has 12 heteroatoms. The highest BCUT2D eigenvalue weighted by molar-refractivity contribution is 7.92. The average Bonchev–Trinajstić information content (AvgIpc) is 3.18. The van der Waals surface area contributed by atoms with E-state index in [1.807, 2.05) is 0 Å². The van der Waals surface area contributed by atoms with Crippen LogP contribution in [0.3, 0.4) is 0 Å². The van der Waals surface area contributed by atoms with Gasteiger partial charge in [0.05, 0.1) is 23.2 Å². The van der Waals surface area contributed by atoms with E-state index in [9.17, 15) is 26.4 Å². The molecule has 0 saturated carbocycles. The number of amides is 1. The number of carbonyl (C=O) groups is 1. The first-order valence-electron chi connectivity index (χ1n) is 9.06. The number of anilines is 1. The molecule has 2 N–H and O–H groups in total. The molecule has 0 saturated heterocycles. The minimum atomic E-state index is -4.75. The number of nitrogens with zero attached hydrogens (tertiary/aromatic N) is 3. The SMILES string of the molecule is CCn1ncc(NS(=O)(=O)c2cc(C(F)(F)F)ccc2CNC(=O)c2ccccc2)n1. The van der Waals surface area contributed by atoms with Crippen molar-refractivity contribution in [2.24, 2.45) is 0 Å². The maximum Gasteiger partial charge on any atom is 0.416 e. The number of alkyl halides is 3. The van der Waals surface area contributed by atoms with Crippen LogP contribution < -0.4 is 10.0 Å². The van der Waals surface area contributed by atoms with Crippen LogP contribution in [-0.4, -0.2) is 29.3 Å². The Morgan fingerprint density at radius 1 is 1.13 bits per heavy atom. The van der Waals surface area contributed by atoms with Gasteiger partial charge in [-0.15, -0.1) is 5.10 Å². The molecule has 2 aromatic carbocycles. The Balaban J connectivity index is 1.92. The number of rotatable bonds is 7. The number of aromatic nitrogens is 3. The highest BCUT2D eigenvalue weighted by atomic mass is 32.2. The van der Waals surface area contributed by atoms with E-state index >= 15 is 0 Å². The Hall–Kier alpha value is -3.41. The Morgan fingerprint density at radius 2 is 1.84 bits per heavy atom. The summed E-state index contributed by atoms with van der Waals surface area (Å²) in [5.74, 6) is -0.638. The molecule has 3 rings (SSSR count). The summed E-state index contributed by atoms with van der Waals surface area (Å²) in [5.41, 5.74) is -0.830. The molecule has 8 nitrogen and oxygen atoms in total. The Morgan fingerprint density at radius 3 is 2.45 bits per heavy atom. The molecule has 0 unspecified atom stereocenters. The maximum absolute atomic E-state index is 13.2. The second-order valence-corrected chi connectivity index (χ2v) is 8.04. The lowest BCUT2D eigenvalue weighted by molar-refractivity contribution is -0.137. The highest BCUT2D eigenvalue weighted by Crippen LogP contribution is 2.32. The summed E-state index contributed by atoms with van der Waals surface area (Å²) in [7, 11) is -4.45. The van der Waals surface area contributed by atoms with Gasteiger partial charge in [-0.1, -0.05) is 24.3 Å². The van der Waals surface area contributed by atoms with E-state index in [1.54, 1.807) is 37.3 Å². The van der Waals surface area contributed by atoms with Gasteiger partial charge < -0.3 is 5.32 Å². The van der Waals surface area contributed by atoms with Crippen LogP contribution in [0.5, 0.6) is 0 Å². The van der Waals surface area contributed by atoms with Crippen LogP contribution in [0.2, 0.25) is 0 Å². The molecule has 0 radical (unpaired) electrons. The predicted octanol–water partition coefficient (Wildman–Crippen LogP) is 3.05. The lowest BCUT2D eigenvalue weighted by Gasteiger charge is -2.15. The van der Waals surface area contributed by atoms with Gasteiger partial charge in [0.1, 0.15) is 0 Å². The topological polar surface area (TPSA) is 106 Å². The van der Waals surface area contributed by atoms with Crippen molar-refractivity contribution < 1.29 is 26.4 Å². The molecular formula is C19H18F3N5O3S. The molecule has 0 aliphatic carbocycles. The van der Waals surface area contributed by atoms with Gasteiger partial charge in [0, 0.05) is 12.1 Å². The van der Waals surface area contributed by atoms with Crippen LogP contribution in [0, 0.1) is 0 Å². The van der Waals surface area contributed by atoms with Gasteiger partial charge in [-0.25, -0.2) is 8.42 Å². The van der Waals surface area contributed by atoms with Gasteiger partial charge in [0.15, 0.2) is 5.82 Å². The van der Waals surface area contributed by atoms with E-state index in [0.717, 1.165) is 18.3 Å². The molecule has 1 heterocycles. The zero-order valence-electron chi connectivity index (χ0n) is 16.2. The number of carbonyl (C=O) groups excluding carboxylic acids is 1. The number of halogens is 3. The molecule has 1 aromatic heterocycles. The van der Waals surface area contributed by atoms with Gasteiger partial charge >= 0.3 is 6.18 Å². The first-order chi connectivity index (χ1) is 14.6. The minimum Gasteiger partial charge on any atom is -0.348 e. The number of sulfonamides is 1. The van der Waals surface area contributed by atoms with Crippen molar-refractivity contribution in [1.82, 2.24) is 20.3 Å². The molecule has 0 fully saturated rings. The van der Waals surface area contributed by atoms with Gasteiger partial charge in [-0.2, -0.15) is 23.1 Å². The van der Waals surface area contributed by atoms with Crippen LogP contribution in [0.15, 0.2) is 59.6 Å². The van der Waals surface area contributed by atoms with E-state index in [4.69, 9.17) is 0 Å². The first kappa shape index (κ1) is 22.3. The molecule has 0 aliphatic rings. The monoisotopic (exact) mass is 453 g/mol. The lowest BCUT2D eigenvalue weighted by Crippen LogP contribution is -2.25. The Kier molecular flexibility index (Phi) is 6.29. The van der Waals surface area contributed by atoms with Gasteiger partial charge in [-0.3, -0.25) is 9.52 Å². The molecule has 1 amide bonds. The maximum atomic E-state index is 13.2. The molecule has 0 atom stereocenters. The summed E-state index contributed by atoms with van der Waals surface area (Å²) >= 11 is 0. The molecule has 0 bridgehead atoms. The second-order valence-electron chi connectivity index (χ2n) is 6.39. The van der Waals surface area contributed by atoms with Gasteiger partial charge in [0.2, 0.25) is 0 Å². The van der Waals surface area contributed by atoms with Crippen LogP contribution >= 0.6 is 0 Å². The van der Waals surface area contributed by atoms with Crippen molar-refractivity contribution in [2.75, 3.05) is 4.72 Å². The van der Waals surface area contributed by atoms with E-state index in [-0.39, 0.29) is 17.9 Å². The Labute approximate surface area is 176 Å². The summed E-state index contributed by atoms with van der Waals surface area (Å²) in [6.07, 6.45) is -3.60. The van der Waals surface area contributed by atoms with Crippen molar-refractivity contribution in [2.45, 2.75) is 31.1 Å². The fourth-order valence-corrected chi connectivity index (χ4v) is 3.93. The smallest absolute Gasteiger partial charge is 0.348 e. The molecule has 31 heavy (non-hydrogen) atoms. The third-order valence-electron chi connectivity index (χ3n) is 4.22. The van der Waals surface area contributed by atoms with Crippen molar-refractivity contribution in [3.8, 4) is 0 Å². The largest absolute Gasteiger partial charge is 0.416 e. The van der Waals surface area contributed by atoms with Crippen molar-refractivity contribution in [1.29, 1.82) is 0 Å². The van der Waals surface area contributed by atoms with Crippen molar-refractivity contribution in [3.05, 3.63) is 71.4 Å². The number of benzene rings is 2. The number of hydrogen-bond donors (Lipinski definition) is 2. The predicted molar refractivity (Wildman–Crippen MR) is 106 cm³/mol. The molecule has 3 aromatic rings. The highest BCUT2D eigenvalue weighted by Gasteiger charge is 2.33. The van der Waals surface area contributed by atoms with E-state index in [2.05, 4.69) is 20.2 Å².